The number of halogens is 2. The van der Waals surface area contributed by atoms with Crippen LogP contribution in [0, 0.1) is 5.82 Å². The van der Waals surface area contributed by atoms with Crippen molar-refractivity contribution >= 4 is 21.7 Å². The average Bonchev–Trinajstić information content (AvgIpc) is 3.20. The van der Waals surface area contributed by atoms with Gasteiger partial charge in [-0.1, -0.05) is 18.2 Å². The van der Waals surface area contributed by atoms with Crippen molar-refractivity contribution in [1.82, 2.24) is 9.97 Å². The molecule has 1 aromatic carbocycles. The fourth-order valence-electron chi connectivity index (χ4n) is 2.05. The zero-order valence-corrected chi connectivity index (χ0v) is 11.8. The van der Waals surface area contributed by atoms with E-state index in [4.69, 9.17) is 5.73 Å². The van der Waals surface area contributed by atoms with E-state index >= 15 is 0 Å². The topological polar surface area (TPSA) is 51.8 Å². The predicted octanol–water partition coefficient (Wildman–Crippen LogP) is 3.43. The lowest BCUT2D eigenvalue weighted by atomic mass is 10.1. The second kappa shape index (κ2) is 4.89. The highest BCUT2D eigenvalue weighted by atomic mass is 79.9. The van der Waals surface area contributed by atoms with Gasteiger partial charge in [-0.25, -0.2) is 14.4 Å². The van der Waals surface area contributed by atoms with E-state index in [1.165, 1.54) is 6.07 Å². The molecule has 1 aliphatic carbocycles. The molecule has 0 bridgehead atoms. The lowest BCUT2D eigenvalue weighted by Crippen LogP contribution is -2.06. The molecule has 3 rings (SSSR count). The van der Waals surface area contributed by atoms with E-state index in [9.17, 15) is 4.39 Å². The van der Waals surface area contributed by atoms with E-state index in [1.54, 1.807) is 12.1 Å². The molecule has 3 nitrogen and oxygen atoms in total. The number of rotatable bonds is 3. The first-order valence-corrected chi connectivity index (χ1v) is 6.99. The first-order valence-electron chi connectivity index (χ1n) is 6.20. The molecule has 5 heteroatoms. The summed E-state index contributed by atoms with van der Waals surface area (Å²) in [5.41, 5.74) is 7.43. The fourth-order valence-corrected chi connectivity index (χ4v) is 2.55. The van der Waals surface area contributed by atoms with Crippen LogP contribution in [0.2, 0.25) is 0 Å². The Labute approximate surface area is 119 Å². The Morgan fingerprint density at radius 1 is 1.26 bits per heavy atom. The van der Waals surface area contributed by atoms with Crippen molar-refractivity contribution < 1.29 is 4.39 Å². The van der Waals surface area contributed by atoms with E-state index in [-0.39, 0.29) is 5.82 Å². The van der Waals surface area contributed by atoms with Gasteiger partial charge in [0.2, 0.25) is 0 Å². The highest BCUT2D eigenvalue weighted by Gasteiger charge is 2.29. The highest BCUT2D eigenvalue weighted by Crippen LogP contribution is 2.43. The normalized spacial score (nSPS) is 14.6. The Bertz CT molecular complexity index is 626. The van der Waals surface area contributed by atoms with Gasteiger partial charge < -0.3 is 5.73 Å². The van der Waals surface area contributed by atoms with Gasteiger partial charge in [0, 0.05) is 12.3 Å². The van der Waals surface area contributed by atoms with Crippen molar-refractivity contribution in [2.75, 3.05) is 5.73 Å². The van der Waals surface area contributed by atoms with Gasteiger partial charge in [-0.2, -0.15) is 0 Å². The second-order valence-electron chi connectivity index (χ2n) is 4.77. The second-order valence-corrected chi connectivity index (χ2v) is 5.56. The molecule has 0 radical (unpaired) electrons. The molecule has 1 aliphatic rings. The Morgan fingerprint density at radius 2 is 2.00 bits per heavy atom. The monoisotopic (exact) mass is 321 g/mol. The largest absolute Gasteiger partial charge is 0.383 e. The fraction of sp³-hybridized carbons (Fsp3) is 0.286. The van der Waals surface area contributed by atoms with Crippen molar-refractivity contribution in [3.05, 3.63) is 51.6 Å². The molecule has 1 aromatic heterocycles. The molecule has 0 spiro atoms. The van der Waals surface area contributed by atoms with Crippen LogP contribution in [0.15, 0.2) is 28.7 Å². The number of hydrogen-bond acceptors (Lipinski definition) is 3. The quantitative estimate of drug-likeness (QED) is 0.942. The third-order valence-electron chi connectivity index (χ3n) is 3.22. The molecule has 0 atom stereocenters. The van der Waals surface area contributed by atoms with E-state index in [0.29, 0.717) is 29.5 Å². The average molecular weight is 322 g/mol. The first-order chi connectivity index (χ1) is 9.15. The van der Waals surface area contributed by atoms with Crippen LogP contribution in [0.4, 0.5) is 10.2 Å². The third-order valence-corrected chi connectivity index (χ3v) is 4.03. The molecule has 1 fully saturated rings. The third kappa shape index (κ3) is 2.61. The molecular weight excluding hydrogens is 309 g/mol. The summed E-state index contributed by atoms with van der Waals surface area (Å²) in [6.45, 7) is 0. The van der Waals surface area contributed by atoms with Crippen LogP contribution in [0.3, 0.4) is 0 Å². The van der Waals surface area contributed by atoms with Crippen LogP contribution in [0.5, 0.6) is 0 Å². The molecule has 1 heterocycles. The zero-order valence-electron chi connectivity index (χ0n) is 10.2. The van der Waals surface area contributed by atoms with Crippen molar-refractivity contribution in [2.45, 2.75) is 25.2 Å². The minimum Gasteiger partial charge on any atom is -0.383 e. The summed E-state index contributed by atoms with van der Waals surface area (Å²) >= 11 is 3.43. The number of aromatic nitrogens is 2. The summed E-state index contributed by atoms with van der Waals surface area (Å²) in [5, 5.41) is 0. The summed E-state index contributed by atoms with van der Waals surface area (Å²) < 4.78 is 14.4. The number of hydrogen-bond donors (Lipinski definition) is 1. The van der Waals surface area contributed by atoms with Gasteiger partial charge in [0.15, 0.2) is 0 Å². The van der Waals surface area contributed by atoms with Crippen LogP contribution in [0.1, 0.15) is 35.8 Å². The van der Waals surface area contributed by atoms with E-state index in [1.807, 2.05) is 6.07 Å². The van der Waals surface area contributed by atoms with E-state index < -0.39 is 0 Å². The van der Waals surface area contributed by atoms with E-state index in [0.717, 1.165) is 23.0 Å². The number of nitrogens with zero attached hydrogens (tertiary/aromatic N) is 2. The SMILES string of the molecule is Nc1nc(Cc2ccccc2F)nc(C2CC2)c1Br. The molecule has 19 heavy (non-hydrogen) atoms. The lowest BCUT2D eigenvalue weighted by Gasteiger charge is -2.08. The molecular formula is C14H13BrFN3. The number of anilines is 1. The van der Waals surface area contributed by atoms with Crippen LogP contribution >= 0.6 is 15.9 Å². The Morgan fingerprint density at radius 3 is 2.68 bits per heavy atom. The van der Waals surface area contributed by atoms with Gasteiger partial charge in [0.05, 0.1) is 10.2 Å². The predicted molar refractivity (Wildman–Crippen MR) is 75.3 cm³/mol. The summed E-state index contributed by atoms with van der Waals surface area (Å²) in [5.74, 6) is 1.25. The molecule has 0 amide bonds. The molecule has 0 saturated heterocycles. The first kappa shape index (κ1) is 12.5. The maximum Gasteiger partial charge on any atom is 0.141 e. The highest BCUT2D eigenvalue weighted by molar-refractivity contribution is 9.10. The van der Waals surface area contributed by atoms with Gasteiger partial charge in [-0.3, -0.25) is 0 Å². The van der Waals surface area contributed by atoms with E-state index in [2.05, 4.69) is 25.9 Å². The van der Waals surface area contributed by atoms with Crippen molar-refractivity contribution in [3.63, 3.8) is 0 Å². The van der Waals surface area contributed by atoms with Crippen molar-refractivity contribution in [1.29, 1.82) is 0 Å². The number of benzene rings is 1. The Kier molecular flexibility index (Phi) is 3.22. The summed E-state index contributed by atoms with van der Waals surface area (Å²) in [6, 6.07) is 6.67. The van der Waals surface area contributed by atoms with Gasteiger partial charge in [-0.05, 0) is 40.4 Å². The van der Waals surface area contributed by atoms with Gasteiger partial charge in [-0.15, -0.1) is 0 Å². The Hall–Kier alpha value is -1.49. The Balaban J connectivity index is 1.95. The summed E-state index contributed by atoms with van der Waals surface area (Å²) in [7, 11) is 0. The molecule has 1 saturated carbocycles. The molecule has 98 valence electrons. The lowest BCUT2D eigenvalue weighted by molar-refractivity contribution is 0.612. The molecule has 0 aliphatic heterocycles. The van der Waals surface area contributed by atoms with Gasteiger partial charge >= 0.3 is 0 Å². The van der Waals surface area contributed by atoms with Gasteiger partial charge in [0.25, 0.3) is 0 Å². The van der Waals surface area contributed by atoms with Crippen LogP contribution < -0.4 is 5.73 Å². The van der Waals surface area contributed by atoms with Crippen LogP contribution in [-0.4, -0.2) is 9.97 Å². The van der Waals surface area contributed by atoms with Crippen LogP contribution in [0.25, 0.3) is 0 Å². The maximum atomic E-state index is 13.6. The minimum absolute atomic E-state index is 0.236. The van der Waals surface area contributed by atoms with Gasteiger partial charge in [0.1, 0.15) is 17.5 Å². The van der Waals surface area contributed by atoms with Crippen molar-refractivity contribution in [2.24, 2.45) is 0 Å². The zero-order chi connectivity index (χ0) is 13.4. The number of nitrogen functional groups attached to an aromatic ring is 1. The minimum atomic E-state index is -0.236. The molecule has 0 unspecified atom stereocenters. The summed E-state index contributed by atoms with van der Waals surface area (Å²) in [6.07, 6.45) is 2.63. The standard InChI is InChI=1S/C14H13BrFN3/c15-12-13(8-5-6-8)18-11(19-14(12)17)7-9-3-1-2-4-10(9)16/h1-4,8H,5-7H2,(H2,17,18,19). The smallest absolute Gasteiger partial charge is 0.141 e. The maximum absolute atomic E-state index is 13.6. The number of nitrogens with two attached hydrogens (primary N) is 1. The van der Waals surface area contributed by atoms with Crippen LogP contribution in [-0.2, 0) is 6.42 Å². The molecule has 2 N–H and O–H groups in total. The molecule has 2 aromatic rings. The summed E-state index contributed by atoms with van der Waals surface area (Å²) in [4.78, 5) is 8.76. The van der Waals surface area contributed by atoms with Crippen molar-refractivity contribution in [3.8, 4) is 0 Å².